The van der Waals surface area contributed by atoms with Gasteiger partial charge in [-0.1, -0.05) is 0 Å². The van der Waals surface area contributed by atoms with E-state index in [-0.39, 0.29) is 65.1 Å². The van der Waals surface area contributed by atoms with E-state index in [1.165, 1.54) is 0 Å². The molecule has 0 fully saturated rings. The van der Waals surface area contributed by atoms with Crippen molar-refractivity contribution in [3.05, 3.63) is 0 Å². The van der Waals surface area contributed by atoms with Gasteiger partial charge in [0.05, 0.1) is 0 Å². The van der Waals surface area contributed by atoms with Crippen LogP contribution in [0.1, 0.15) is 25.7 Å². The molecule has 0 spiro atoms. The Morgan fingerprint density at radius 3 is 1.45 bits per heavy atom. The van der Waals surface area contributed by atoms with Crippen molar-refractivity contribution >= 4 is 65.1 Å². The Labute approximate surface area is 160 Å². The number of nitrogens with one attached hydrogen (secondary N) is 2. The molecule has 20 heavy (non-hydrogen) atoms. The molecule has 2 N–H and O–H groups in total. The second-order valence-electron chi connectivity index (χ2n) is 3.86. The molecule has 0 aromatic heterocycles. The Balaban J connectivity index is -0.00000144. The van der Waals surface area contributed by atoms with Gasteiger partial charge in [0.2, 0.25) is 0 Å². The third-order valence-electron chi connectivity index (χ3n) is 2.24. The molecule has 0 radical (unpaired) electrons. The SMILES string of the molecule is CNCCOC(=O)CCCCC(=O)OCCNC.[PoH2].[PoH2]. The van der Waals surface area contributed by atoms with Crippen LogP contribution in [-0.2, 0) is 19.1 Å². The van der Waals surface area contributed by atoms with E-state index in [9.17, 15) is 9.59 Å². The van der Waals surface area contributed by atoms with Crippen molar-refractivity contribution in [1.82, 2.24) is 10.6 Å². The standard InChI is InChI=1S/C12H24N2O4.2Po.4H/c1-13-7-9-17-11(15)5-3-4-6-12(16)18-10-8-14-2;;;;;;/h13-14H,3-10H2,1-2H3;;;;;;. The predicted molar refractivity (Wildman–Crippen MR) is 85.3 cm³/mol. The molecule has 8 heteroatoms. The van der Waals surface area contributed by atoms with Crippen LogP contribution >= 0.6 is 0 Å². The van der Waals surface area contributed by atoms with Crippen LogP contribution in [0, 0.1) is 0 Å². The summed E-state index contributed by atoms with van der Waals surface area (Å²) in [7, 11) is 3.60. The van der Waals surface area contributed by atoms with Gasteiger partial charge in [-0.3, -0.25) is 9.59 Å². The zero-order chi connectivity index (χ0) is 13.6. The molecule has 0 amide bonds. The fraction of sp³-hybridized carbons (Fsp3) is 0.833. The molecule has 0 bridgehead atoms. The van der Waals surface area contributed by atoms with Gasteiger partial charge in [0.25, 0.3) is 0 Å². The van der Waals surface area contributed by atoms with E-state index in [0.717, 1.165) is 0 Å². The van der Waals surface area contributed by atoms with Gasteiger partial charge < -0.3 is 20.1 Å². The number of unbranched alkanes of at least 4 members (excludes halogenated alkanes) is 1. The third-order valence-corrected chi connectivity index (χ3v) is 2.24. The van der Waals surface area contributed by atoms with E-state index >= 15 is 0 Å². The van der Waals surface area contributed by atoms with E-state index in [0.29, 0.717) is 52.0 Å². The number of likely N-dealkylation sites (N-methyl/N-ethyl adjacent to an activating group) is 2. The zero-order valence-corrected chi connectivity index (χ0v) is 20.1. The minimum absolute atomic E-state index is 0. The molecule has 0 rings (SSSR count). The molecule has 0 aliphatic heterocycles. The van der Waals surface area contributed by atoms with Crippen LogP contribution in [0.15, 0.2) is 0 Å². The Hall–Kier alpha value is 0.652. The van der Waals surface area contributed by atoms with Crippen molar-refractivity contribution in [3.8, 4) is 0 Å². The summed E-state index contributed by atoms with van der Waals surface area (Å²) in [5.74, 6) is -0.428. The summed E-state index contributed by atoms with van der Waals surface area (Å²) in [5.41, 5.74) is 0. The van der Waals surface area contributed by atoms with Gasteiger partial charge in [0.1, 0.15) is 13.2 Å². The Morgan fingerprint density at radius 1 is 0.800 bits per heavy atom. The van der Waals surface area contributed by atoms with Gasteiger partial charge in [0.15, 0.2) is 0 Å². The molecule has 0 unspecified atom stereocenters. The van der Waals surface area contributed by atoms with Crippen LogP contribution in [-0.4, -0.2) is 105 Å². The summed E-state index contributed by atoms with van der Waals surface area (Å²) in [5, 5.41) is 5.77. The molecular formula is C12H28N2O4Po2. The second kappa shape index (κ2) is 19.7. The minimum atomic E-state index is -0.214. The summed E-state index contributed by atoms with van der Waals surface area (Å²) in [6.07, 6.45) is 2.01. The van der Waals surface area contributed by atoms with Crippen LogP contribution in [0.4, 0.5) is 0 Å². The maximum absolute atomic E-state index is 11.2. The number of rotatable bonds is 11. The Morgan fingerprint density at radius 2 is 1.15 bits per heavy atom. The van der Waals surface area contributed by atoms with Gasteiger partial charge in [-0.25, -0.2) is 0 Å². The van der Waals surface area contributed by atoms with E-state index in [2.05, 4.69) is 10.6 Å². The fourth-order valence-corrected chi connectivity index (χ4v) is 1.22. The molecular weight excluding hydrogens is 654 g/mol. The molecule has 0 aromatic rings. The predicted octanol–water partition coefficient (Wildman–Crippen LogP) is -1.76. The topological polar surface area (TPSA) is 76.7 Å². The molecule has 6 nitrogen and oxygen atoms in total. The average molecular weight is 682 g/mol. The average Bonchev–Trinajstić information content (AvgIpc) is 2.35. The number of carbonyl (C=O) groups is 2. The molecule has 0 aliphatic carbocycles. The zero-order valence-electron chi connectivity index (χ0n) is 12.3. The summed E-state index contributed by atoms with van der Waals surface area (Å²) in [6, 6.07) is 0. The van der Waals surface area contributed by atoms with Crippen molar-refractivity contribution in [1.29, 1.82) is 0 Å². The van der Waals surface area contributed by atoms with Crippen molar-refractivity contribution < 1.29 is 19.1 Å². The van der Waals surface area contributed by atoms with E-state index in [4.69, 9.17) is 9.47 Å². The first-order chi connectivity index (χ1) is 8.70. The van der Waals surface area contributed by atoms with Gasteiger partial charge in [0, 0.05) is 25.9 Å². The van der Waals surface area contributed by atoms with Crippen molar-refractivity contribution in [2.24, 2.45) is 0 Å². The van der Waals surface area contributed by atoms with E-state index < -0.39 is 0 Å². The quantitative estimate of drug-likeness (QED) is 0.199. The molecule has 0 aromatic carbocycles. The number of hydrogen-bond donors (Lipinski definition) is 2. The number of ether oxygens (including phenoxy) is 2. The van der Waals surface area contributed by atoms with Crippen molar-refractivity contribution in [2.45, 2.75) is 25.7 Å². The molecule has 0 aliphatic rings. The number of carbonyl (C=O) groups excluding carboxylic acids is 2. The van der Waals surface area contributed by atoms with Crippen LogP contribution in [0.2, 0.25) is 0 Å². The van der Waals surface area contributed by atoms with Crippen molar-refractivity contribution in [2.75, 3.05) is 40.4 Å². The van der Waals surface area contributed by atoms with Crippen LogP contribution < -0.4 is 10.6 Å². The van der Waals surface area contributed by atoms with Crippen molar-refractivity contribution in [3.63, 3.8) is 0 Å². The fourth-order valence-electron chi connectivity index (χ4n) is 1.22. The summed E-state index contributed by atoms with van der Waals surface area (Å²) in [6.45, 7) is 2.09. The molecule has 0 saturated heterocycles. The Kier molecular flexibility index (Phi) is 25.2. The molecule has 0 heterocycles. The van der Waals surface area contributed by atoms with Crippen LogP contribution in [0.5, 0.6) is 0 Å². The van der Waals surface area contributed by atoms with Gasteiger partial charge in [-0.15, -0.1) is 0 Å². The van der Waals surface area contributed by atoms with Crippen LogP contribution in [0.25, 0.3) is 0 Å². The first-order valence-corrected chi connectivity index (χ1v) is 6.31. The molecule has 0 atom stereocenters. The molecule has 0 saturated carbocycles. The van der Waals surface area contributed by atoms with Gasteiger partial charge in [-0.05, 0) is 26.9 Å². The van der Waals surface area contributed by atoms with E-state index in [1.54, 1.807) is 14.1 Å². The van der Waals surface area contributed by atoms with E-state index in [1.807, 2.05) is 0 Å². The van der Waals surface area contributed by atoms with Gasteiger partial charge in [-0.2, -0.15) is 0 Å². The maximum atomic E-state index is 11.2. The normalized spacial score (nSPS) is 9.10. The molecule has 122 valence electrons. The Bertz CT molecular complexity index is 219. The third kappa shape index (κ3) is 18.7. The summed E-state index contributed by atoms with van der Waals surface area (Å²) >= 11 is 0. The number of esters is 2. The van der Waals surface area contributed by atoms with Gasteiger partial charge >= 0.3 is 65.1 Å². The monoisotopic (exact) mass is 682 g/mol. The first kappa shape index (κ1) is 25.6. The first-order valence-electron chi connectivity index (χ1n) is 6.31. The number of hydrogen-bond acceptors (Lipinski definition) is 6. The summed E-state index contributed by atoms with van der Waals surface area (Å²) < 4.78 is 9.89. The summed E-state index contributed by atoms with van der Waals surface area (Å²) in [4.78, 5) is 22.4. The van der Waals surface area contributed by atoms with Crippen LogP contribution in [0.3, 0.4) is 0 Å². The second-order valence-corrected chi connectivity index (χ2v) is 3.86.